The molecule has 0 bridgehead atoms. The quantitative estimate of drug-likeness (QED) is 0.173. The van der Waals surface area contributed by atoms with Crippen molar-refractivity contribution in [1.29, 1.82) is 5.26 Å². The lowest BCUT2D eigenvalue weighted by molar-refractivity contribution is 1.16. The molecule has 0 fully saturated rings. The Balaban J connectivity index is 1.28. The summed E-state index contributed by atoms with van der Waals surface area (Å²) >= 11 is 0. The molecule has 59 heavy (non-hydrogen) atoms. The predicted octanol–water partition coefficient (Wildman–Crippen LogP) is 14.2. The van der Waals surface area contributed by atoms with Crippen molar-refractivity contribution in [2.24, 2.45) is 0 Å². The Bertz CT molecular complexity index is 3590. The normalized spacial score (nSPS) is 11.7. The number of para-hydroxylation sites is 5. The summed E-state index contributed by atoms with van der Waals surface area (Å²) in [7, 11) is 0. The van der Waals surface area contributed by atoms with Gasteiger partial charge in [-0.2, -0.15) is 5.26 Å². The highest BCUT2D eigenvalue weighted by molar-refractivity contribution is 6.40. The van der Waals surface area contributed by atoms with Crippen LogP contribution in [-0.4, -0.2) is 13.7 Å². The van der Waals surface area contributed by atoms with Crippen molar-refractivity contribution < 1.29 is 0 Å². The summed E-state index contributed by atoms with van der Waals surface area (Å²) < 4.78 is 7.26. The van der Waals surface area contributed by atoms with Gasteiger partial charge in [0.15, 0.2) is 0 Å². The van der Waals surface area contributed by atoms with Crippen LogP contribution in [0.1, 0.15) is 5.56 Å². The molecular weight excluding hydrogens is 717 g/mol. The van der Waals surface area contributed by atoms with Gasteiger partial charge >= 0.3 is 0 Å². The zero-order valence-corrected chi connectivity index (χ0v) is 31.9. The van der Waals surface area contributed by atoms with Crippen LogP contribution in [0.3, 0.4) is 0 Å². The summed E-state index contributed by atoms with van der Waals surface area (Å²) in [5.74, 6) is 0. The van der Waals surface area contributed by atoms with Gasteiger partial charge in [0.05, 0.1) is 44.4 Å². The van der Waals surface area contributed by atoms with Crippen molar-refractivity contribution in [2.75, 3.05) is 0 Å². The van der Waals surface area contributed by atoms with Crippen LogP contribution >= 0.6 is 0 Å². The van der Waals surface area contributed by atoms with E-state index in [1.807, 2.05) is 6.07 Å². The van der Waals surface area contributed by atoms with Crippen LogP contribution in [0.25, 0.3) is 105 Å². The van der Waals surface area contributed by atoms with Crippen LogP contribution < -0.4 is 0 Å². The molecule has 9 aromatic carbocycles. The van der Waals surface area contributed by atoms with E-state index < -0.39 is 0 Å². The molecule has 0 amide bonds. The van der Waals surface area contributed by atoms with E-state index in [1.165, 1.54) is 10.8 Å². The first-order valence-electron chi connectivity index (χ1n) is 20.0. The minimum absolute atomic E-state index is 0.610. The SMILES string of the molecule is N#Cc1cc(-c2cccc(-c3ccccc3)c2)ccc1-n1c2ccccc2c2c3c(c4ccccc4n3-c3ccccc3)c3c(c4ccccc4n3-c3ccccc3)c21. The lowest BCUT2D eigenvalue weighted by atomic mass is 9.97. The summed E-state index contributed by atoms with van der Waals surface area (Å²) in [4.78, 5) is 0. The van der Waals surface area contributed by atoms with Gasteiger partial charge in [0.2, 0.25) is 0 Å². The Morgan fingerprint density at radius 2 is 0.712 bits per heavy atom. The standard InChI is InChI=1S/C55H34N4/c56-35-40-34-39(38-20-16-19-37(33-38)36-17-4-1-5-18-36)31-32-46(40)59-49-30-15-12-27-45(49)52-54-50(43-25-10-13-28-47(43)57(54)41-21-6-2-7-22-41)53-51(55(52)59)44-26-11-14-29-48(44)58(53)42-23-8-3-9-24-42/h1-34H. The molecule has 274 valence electrons. The third-order valence-corrected chi connectivity index (χ3v) is 12.0. The highest BCUT2D eigenvalue weighted by atomic mass is 15.0. The average Bonchev–Trinajstić information content (AvgIpc) is 3.96. The predicted molar refractivity (Wildman–Crippen MR) is 245 cm³/mol. The largest absolute Gasteiger partial charge is 0.308 e. The molecule has 4 nitrogen and oxygen atoms in total. The van der Waals surface area contributed by atoms with Gasteiger partial charge in [-0.15, -0.1) is 0 Å². The zero-order valence-electron chi connectivity index (χ0n) is 31.9. The van der Waals surface area contributed by atoms with E-state index in [9.17, 15) is 5.26 Å². The Morgan fingerprint density at radius 1 is 0.322 bits per heavy atom. The lowest BCUT2D eigenvalue weighted by Gasteiger charge is -2.15. The molecule has 0 radical (unpaired) electrons. The molecule has 3 aromatic heterocycles. The zero-order chi connectivity index (χ0) is 39.0. The van der Waals surface area contributed by atoms with Gasteiger partial charge < -0.3 is 13.7 Å². The topological polar surface area (TPSA) is 38.6 Å². The Morgan fingerprint density at radius 3 is 1.22 bits per heavy atom. The van der Waals surface area contributed by atoms with Gasteiger partial charge in [-0.05, 0) is 82.9 Å². The fraction of sp³-hybridized carbons (Fsp3) is 0. The summed E-state index contributed by atoms with van der Waals surface area (Å²) in [6.07, 6.45) is 0. The third-order valence-electron chi connectivity index (χ3n) is 12.0. The smallest absolute Gasteiger partial charge is 0.101 e. The summed E-state index contributed by atoms with van der Waals surface area (Å²) in [6.45, 7) is 0. The van der Waals surface area contributed by atoms with Crippen molar-refractivity contribution in [3.63, 3.8) is 0 Å². The van der Waals surface area contributed by atoms with Crippen LogP contribution in [0.15, 0.2) is 206 Å². The maximum absolute atomic E-state index is 11.1. The molecule has 0 spiro atoms. The number of nitriles is 1. The Labute approximate surface area is 340 Å². The second kappa shape index (κ2) is 13.0. The fourth-order valence-corrected chi connectivity index (χ4v) is 9.60. The molecule has 0 saturated heterocycles. The number of fused-ring (bicyclic) bond motifs is 12. The molecular formula is C55H34N4. The number of nitrogens with zero attached hydrogens (tertiary/aromatic N) is 4. The van der Waals surface area contributed by atoms with Crippen molar-refractivity contribution in [3.8, 4) is 45.4 Å². The maximum Gasteiger partial charge on any atom is 0.101 e. The molecule has 0 N–H and O–H groups in total. The molecule has 12 aromatic rings. The van der Waals surface area contributed by atoms with Gasteiger partial charge in [0.1, 0.15) is 6.07 Å². The molecule has 0 unspecified atom stereocenters. The average molecular weight is 751 g/mol. The van der Waals surface area contributed by atoms with E-state index in [1.54, 1.807) is 0 Å². The van der Waals surface area contributed by atoms with Crippen LogP contribution in [0, 0.1) is 11.3 Å². The number of aromatic nitrogens is 3. The van der Waals surface area contributed by atoms with Gasteiger partial charge in [-0.25, -0.2) is 0 Å². The van der Waals surface area contributed by atoms with Gasteiger partial charge in [-0.3, -0.25) is 0 Å². The Hall–Kier alpha value is -8.13. The number of hydrogen-bond acceptors (Lipinski definition) is 1. The van der Waals surface area contributed by atoms with Crippen molar-refractivity contribution in [3.05, 3.63) is 212 Å². The van der Waals surface area contributed by atoms with E-state index in [0.29, 0.717) is 5.56 Å². The van der Waals surface area contributed by atoms with Gasteiger partial charge in [-0.1, -0.05) is 146 Å². The Kier molecular flexibility index (Phi) is 7.26. The van der Waals surface area contributed by atoms with Crippen LogP contribution in [0.2, 0.25) is 0 Å². The van der Waals surface area contributed by atoms with Crippen LogP contribution in [-0.2, 0) is 0 Å². The van der Waals surface area contributed by atoms with E-state index in [2.05, 4.69) is 220 Å². The molecule has 0 atom stereocenters. The summed E-state index contributed by atoms with van der Waals surface area (Å²) in [5, 5.41) is 18.1. The second-order valence-electron chi connectivity index (χ2n) is 15.2. The molecule has 0 aliphatic rings. The number of benzene rings is 9. The summed E-state index contributed by atoms with van der Waals surface area (Å²) in [5.41, 5.74) is 14.7. The van der Waals surface area contributed by atoms with E-state index in [0.717, 1.165) is 94.0 Å². The maximum atomic E-state index is 11.1. The molecule has 0 aliphatic heterocycles. The van der Waals surface area contributed by atoms with E-state index in [4.69, 9.17) is 0 Å². The van der Waals surface area contributed by atoms with Crippen molar-refractivity contribution >= 4 is 65.4 Å². The molecule has 12 rings (SSSR count). The highest BCUT2D eigenvalue weighted by Gasteiger charge is 2.29. The first kappa shape index (κ1) is 33.1. The molecule has 0 saturated carbocycles. The first-order valence-corrected chi connectivity index (χ1v) is 20.0. The van der Waals surface area contributed by atoms with E-state index in [-0.39, 0.29) is 0 Å². The van der Waals surface area contributed by atoms with Crippen LogP contribution in [0.4, 0.5) is 0 Å². The molecule has 3 heterocycles. The molecule has 4 heteroatoms. The minimum Gasteiger partial charge on any atom is -0.308 e. The lowest BCUT2D eigenvalue weighted by Crippen LogP contribution is -2.00. The van der Waals surface area contributed by atoms with Gasteiger partial charge in [0, 0.05) is 43.7 Å². The first-order chi connectivity index (χ1) is 29.3. The van der Waals surface area contributed by atoms with Crippen molar-refractivity contribution in [1.82, 2.24) is 13.7 Å². The third kappa shape index (κ3) is 4.83. The minimum atomic E-state index is 0.610. The fourth-order valence-electron chi connectivity index (χ4n) is 9.60. The number of hydrogen-bond donors (Lipinski definition) is 0. The second-order valence-corrected chi connectivity index (χ2v) is 15.2. The number of rotatable bonds is 5. The highest BCUT2D eigenvalue weighted by Crippen LogP contribution is 2.50. The van der Waals surface area contributed by atoms with Gasteiger partial charge in [0.25, 0.3) is 0 Å². The summed E-state index contributed by atoms with van der Waals surface area (Å²) in [6, 6.07) is 75.8. The molecule has 0 aliphatic carbocycles. The van der Waals surface area contributed by atoms with Crippen LogP contribution in [0.5, 0.6) is 0 Å². The monoisotopic (exact) mass is 750 g/mol. The van der Waals surface area contributed by atoms with E-state index >= 15 is 0 Å². The van der Waals surface area contributed by atoms with Crippen molar-refractivity contribution in [2.45, 2.75) is 0 Å².